The van der Waals surface area contributed by atoms with E-state index in [0.717, 1.165) is 25.7 Å². The van der Waals surface area contributed by atoms with Crippen molar-refractivity contribution in [1.82, 2.24) is 0 Å². The quantitative estimate of drug-likeness (QED) is 0.639. The van der Waals surface area contributed by atoms with Crippen LogP contribution in [0.2, 0.25) is 0 Å². The third-order valence-corrected chi connectivity index (χ3v) is 3.12. The second-order valence-corrected chi connectivity index (χ2v) is 4.84. The summed E-state index contributed by atoms with van der Waals surface area (Å²) in [6.45, 7) is 0.568. The number of ether oxygens (including phenoxy) is 1. The fraction of sp³-hybridized carbons (Fsp3) is 0.562. The van der Waals surface area contributed by atoms with Crippen LogP contribution >= 0.6 is 0 Å². The van der Waals surface area contributed by atoms with Crippen LogP contribution < -0.4 is 4.74 Å². The number of phenols is 1. The van der Waals surface area contributed by atoms with Crippen LogP contribution in [0.25, 0.3) is 0 Å². The molecule has 0 saturated carbocycles. The first kappa shape index (κ1) is 16.3. The Bertz CT molecular complexity index is 429. The fourth-order valence-electron chi connectivity index (χ4n) is 1.96. The summed E-state index contributed by atoms with van der Waals surface area (Å²) in [5.41, 5.74) is 0. The molecule has 0 aliphatic heterocycles. The number of rotatable bonds is 10. The molecule has 1 rings (SSSR count). The number of nitrogens with zero attached hydrogens (tertiary/aromatic N) is 1. The minimum atomic E-state index is -0.653. The van der Waals surface area contributed by atoms with Crippen LogP contribution in [0, 0.1) is 17.1 Å². The second-order valence-electron chi connectivity index (χ2n) is 4.84. The fourth-order valence-corrected chi connectivity index (χ4v) is 1.96. The molecule has 0 heterocycles. The Kier molecular flexibility index (Phi) is 8.21. The van der Waals surface area contributed by atoms with Gasteiger partial charge < -0.3 is 9.84 Å². The molecule has 4 heteroatoms. The van der Waals surface area contributed by atoms with Crippen molar-refractivity contribution in [1.29, 1.82) is 5.26 Å². The molecule has 0 atom stereocenters. The monoisotopic (exact) mass is 279 g/mol. The number of hydrogen-bond donors (Lipinski definition) is 1. The average Bonchev–Trinajstić information content (AvgIpc) is 2.45. The standard InChI is InChI=1S/C16H22FNO2/c17-15-13-14(9-10-16(15)19)20-12-8-6-4-2-1-3-5-7-11-18/h9-10,13,19H,1-8,12H2. The number of benzene rings is 1. The Hall–Kier alpha value is -1.76. The molecular formula is C16H22FNO2. The molecule has 0 aromatic heterocycles. The van der Waals surface area contributed by atoms with E-state index in [9.17, 15) is 4.39 Å². The van der Waals surface area contributed by atoms with Crippen LogP contribution in [0.3, 0.4) is 0 Å². The van der Waals surface area contributed by atoms with E-state index in [4.69, 9.17) is 15.1 Å². The van der Waals surface area contributed by atoms with Crippen LogP contribution in [-0.2, 0) is 0 Å². The minimum Gasteiger partial charge on any atom is -0.505 e. The lowest BCUT2D eigenvalue weighted by atomic mass is 10.1. The molecule has 0 aliphatic carbocycles. The van der Waals surface area contributed by atoms with Gasteiger partial charge in [0.15, 0.2) is 11.6 Å². The topological polar surface area (TPSA) is 53.2 Å². The predicted octanol–water partition coefficient (Wildman–Crippen LogP) is 4.55. The van der Waals surface area contributed by atoms with E-state index in [0.29, 0.717) is 18.8 Å². The Labute approximate surface area is 120 Å². The third kappa shape index (κ3) is 6.98. The zero-order chi connectivity index (χ0) is 14.6. The van der Waals surface area contributed by atoms with Gasteiger partial charge in [-0.1, -0.05) is 32.1 Å². The molecular weight excluding hydrogens is 257 g/mol. The van der Waals surface area contributed by atoms with Gasteiger partial charge >= 0.3 is 0 Å². The van der Waals surface area contributed by atoms with Gasteiger partial charge in [-0.3, -0.25) is 0 Å². The Morgan fingerprint density at radius 3 is 2.35 bits per heavy atom. The molecule has 0 unspecified atom stereocenters. The molecule has 1 N–H and O–H groups in total. The first-order chi connectivity index (χ1) is 9.74. The van der Waals surface area contributed by atoms with Crippen molar-refractivity contribution in [2.45, 2.75) is 51.4 Å². The molecule has 110 valence electrons. The van der Waals surface area contributed by atoms with E-state index in [1.165, 1.54) is 31.4 Å². The number of nitriles is 1. The van der Waals surface area contributed by atoms with Gasteiger partial charge in [-0.25, -0.2) is 4.39 Å². The first-order valence-electron chi connectivity index (χ1n) is 7.22. The van der Waals surface area contributed by atoms with Gasteiger partial charge in [0.05, 0.1) is 12.7 Å². The lowest BCUT2D eigenvalue weighted by molar-refractivity contribution is 0.301. The molecule has 1 aromatic carbocycles. The Morgan fingerprint density at radius 2 is 1.70 bits per heavy atom. The number of phenolic OH excluding ortho intramolecular Hbond substituents is 1. The molecule has 0 fully saturated rings. The van der Waals surface area contributed by atoms with Crippen LogP contribution in [-0.4, -0.2) is 11.7 Å². The van der Waals surface area contributed by atoms with Crippen molar-refractivity contribution in [2.75, 3.05) is 6.61 Å². The zero-order valence-corrected chi connectivity index (χ0v) is 11.8. The van der Waals surface area contributed by atoms with Crippen LogP contribution in [0.15, 0.2) is 18.2 Å². The maximum Gasteiger partial charge on any atom is 0.168 e. The molecule has 1 aromatic rings. The summed E-state index contributed by atoms with van der Waals surface area (Å²) in [6.07, 6.45) is 8.39. The first-order valence-corrected chi connectivity index (χ1v) is 7.22. The smallest absolute Gasteiger partial charge is 0.168 e. The highest BCUT2D eigenvalue weighted by molar-refractivity contribution is 5.31. The number of hydrogen-bond acceptors (Lipinski definition) is 3. The summed E-state index contributed by atoms with van der Waals surface area (Å²) in [6, 6.07) is 6.21. The van der Waals surface area contributed by atoms with Crippen molar-refractivity contribution in [2.24, 2.45) is 0 Å². The molecule has 0 spiro atoms. The molecule has 0 radical (unpaired) electrons. The summed E-state index contributed by atoms with van der Waals surface area (Å²) in [5, 5.41) is 17.4. The van der Waals surface area contributed by atoms with E-state index in [1.54, 1.807) is 6.07 Å². The molecule has 0 aliphatic rings. The van der Waals surface area contributed by atoms with Crippen molar-refractivity contribution >= 4 is 0 Å². The van der Waals surface area contributed by atoms with E-state index in [-0.39, 0.29) is 5.75 Å². The van der Waals surface area contributed by atoms with E-state index in [2.05, 4.69) is 6.07 Å². The van der Waals surface area contributed by atoms with Gasteiger partial charge in [0.25, 0.3) is 0 Å². The number of aromatic hydroxyl groups is 1. The Morgan fingerprint density at radius 1 is 1.05 bits per heavy atom. The van der Waals surface area contributed by atoms with Crippen LogP contribution in [0.1, 0.15) is 51.4 Å². The summed E-state index contributed by atoms with van der Waals surface area (Å²) in [5.74, 6) is -0.551. The van der Waals surface area contributed by atoms with Gasteiger partial charge in [0, 0.05) is 12.5 Å². The highest BCUT2D eigenvalue weighted by atomic mass is 19.1. The van der Waals surface area contributed by atoms with Crippen molar-refractivity contribution in [3.63, 3.8) is 0 Å². The van der Waals surface area contributed by atoms with Crippen molar-refractivity contribution in [3.8, 4) is 17.6 Å². The maximum atomic E-state index is 13.0. The van der Waals surface area contributed by atoms with Crippen LogP contribution in [0.5, 0.6) is 11.5 Å². The molecule has 20 heavy (non-hydrogen) atoms. The molecule has 3 nitrogen and oxygen atoms in total. The predicted molar refractivity (Wildman–Crippen MR) is 76.1 cm³/mol. The van der Waals surface area contributed by atoms with Crippen molar-refractivity contribution in [3.05, 3.63) is 24.0 Å². The second kappa shape index (κ2) is 10.1. The lowest BCUT2D eigenvalue weighted by Gasteiger charge is -2.06. The highest BCUT2D eigenvalue weighted by Crippen LogP contribution is 2.21. The van der Waals surface area contributed by atoms with Gasteiger partial charge in [-0.15, -0.1) is 0 Å². The maximum absolute atomic E-state index is 13.0. The van der Waals surface area contributed by atoms with Gasteiger partial charge in [-0.05, 0) is 25.0 Å². The SMILES string of the molecule is N#CCCCCCCCCCOc1ccc(O)c(F)c1. The largest absolute Gasteiger partial charge is 0.505 e. The third-order valence-electron chi connectivity index (χ3n) is 3.12. The lowest BCUT2D eigenvalue weighted by Crippen LogP contribution is -1.97. The number of unbranched alkanes of at least 4 members (excludes halogenated alkanes) is 7. The molecule has 0 bridgehead atoms. The van der Waals surface area contributed by atoms with Gasteiger partial charge in [0.2, 0.25) is 0 Å². The van der Waals surface area contributed by atoms with E-state index >= 15 is 0 Å². The normalized spacial score (nSPS) is 10.2. The van der Waals surface area contributed by atoms with Crippen LogP contribution in [0.4, 0.5) is 4.39 Å². The zero-order valence-electron chi connectivity index (χ0n) is 11.8. The highest BCUT2D eigenvalue weighted by Gasteiger charge is 2.02. The summed E-state index contributed by atoms with van der Waals surface area (Å²) in [4.78, 5) is 0. The molecule has 0 amide bonds. The van der Waals surface area contributed by atoms with E-state index in [1.807, 2.05) is 0 Å². The van der Waals surface area contributed by atoms with Gasteiger partial charge in [-0.2, -0.15) is 5.26 Å². The minimum absolute atomic E-state index is 0.353. The summed E-state index contributed by atoms with van der Waals surface area (Å²) >= 11 is 0. The average molecular weight is 279 g/mol. The summed E-state index contributed by atoms with van der Waals surface area (Å²) < 4.78 is 18.4. The van der Waals surface area contributed by atoms with Gasteiger partial charge in [0.1, 0.15) is 5.75 Å². The summed E-state index contributed by atoms with van der Waals surface area (Å²) in [7, 11) is 0. The van der Waals surface area contributed by atoms with Crippen molar-refractivity contribution < 1.29 is 14.2 Å². The molecule has 0 saturated heterocycles. The van der Waals surface area contributed by atoms with E-state index < -0.39 is 5.82 Å². The number of halogens is 1. The Balaban J connectivity index is 1.97.